The van der Waals surface area contributed by atoms with E-state index in [4.69, 9.17) is 0 Å². The van der Waals surface area contributed by atoms with Crippen molar-refractivity contribution >= 4 is 11.0 Å². The van der Waals surface area contributed by atoms with Gasteiger partial charge in [0, 0.05) is 54.1 Å². The van der Waals surface area contributed by atoms with Crippen LogP contribution in [0, 0.1) is 13.8 Å². The number of aromatic nitrogens is 4. The molecule has 0 spiro atoms. The number of nitrogens with one attached hydrogen (secondary N) is 1. The zero-order valence-electron chi connectivity index (χ0n) is 15.4. The lowest BCUT2D eigenvalue weighted by atomic mass is 9.94. The van der Waals surface area contributed by atoms with Gasteiger partial charge in [-0.25, -0.2) is 4.98 Å². The second-order valence-corrected chi connectivity index (χ2v) is 7.21. The van der Waals surface area contributed by atoms with Crippen LogP contribution in [0.15, 0.2) is 24.4 Å². The van der Waals surface area contributed by atoms with Crippen LogP contribution in [0.5, 0.6) is 0 Å². The molecule has 5 heteroatoms. The Morgan fingerprint density at radius 3 is 2.96 bits per heavy atom. The van der Waals surface area contributed by atoms with Crippen molar-refractivity contribution in [3.8, 4) is 0 Å². The number of hydrogen-bond donors (Lipinski definition) is 1. The summed E-state index contributed by atoms with van der Waals surface area (Å²) in [6.07, 6.45) is 4.34. The fraction of sp³-hybridized carbons (Fsp3) is 0.500. The first-order chi connectivity index (χ1) is 12.2. The van der Waals surface area contributed by atoms with Crippen molar-refractivity contribution in [3.63, 3.8) is 0 Å². The van der Waals surface area contributed by atoms with E-state index in [1.165, 1.54) is 47.4 Å². The third-order valence-electron chi connectivity index (χ3n) is 5.57. The lowest BCUT2D eigenvalue weighted by Crippen LogP contribution is -2.34. The van der Waals surface area contributed by atoms with Crippen LogP contribution in [-0.4, -0.2) is 37.7 Å². The minimum atomic E-state index is 0.560. The van der Waals surface area contributed by atoms with Crippen LogP contribution in [0.1, 0.15) is 48.3 Å². The van der Waals surface area contributed by atoms with Gasteiger partial charge in [-0.2, -0.15) is 5.10 Å². The van der Waals surface area contributed by atoms with E-state index >= 15 is 0 Å². The summed E-state index contributed by atoms with van der Waals surface area (Å²) < 4.78 is 2.12. The Bertz CT molecular complexity index is 842. The molecule has 0 aromatic carbocycles. The molecule has 0 amide bonds. The lowest BCUT2D eigenvalue weighted by molar-refractivity contribution is 0.198. The van der Waals surface area contributed by atoms with Gasteiger partial charge >= 0.3 is 0 Å². The summed E-state index contributed by atoms with van der Waals surface area (Å²) in [5.74, 6) is 0.560. The van der Waals surface area contributed by atoms with Gasteiger partial charge in [0.2, 0.25) is 0 Å². The molecule has 5 nitrogen and oxygen atoms in total. The van der Waals surface area contributed by atoms with E-state index in [1.54, 1.807) is 0 Å². The molecule has 1 aliphatic rings. The van der Waals surface area contributed by atoms with Gasteiger partial charge in [0.25, 0.3) is 0 Å². The van der Waals surface area contributed by atoms with Gasteiger partial charge in [-0.15, -0.1) is 0 Å². The molecule has 3 aromatic heterocycles. The molecule has 4 rings (SSSR count). The minimum absolute atomic E-state index is 0.560. The molecule has 1 saturated heterocycles. The molecule has 0 aliphatic carbocycles. The number of aromatic amines is 1. The van der Waals surface area contributed by atoms with Gasteiger partial charge in [0.05, 0.1) is 5.69 Å². The van der Waals surface area contributed by atoms with Crippen molar-refractivity contribution < 1.29 is 0 Å². The average Bonchev–Trinajstić information content (AvgIpc) is 3.18. The van der Waals surface area contributed by atoms with E-state index < -0.39 is 0 Å². The van der Waals surface area contributed by atoms with Crippen molar-refractivity contribution in [1.29, 1.82) is 0 Å². The molecule has 1 aliphatic heterocycles. The van der Waals surface area contributed by atoms with Gasteiger partial charge in [0.1, 0.15) is 5.65 Å². The Balaban J connectivity index is 1.52. The standard InChI is InChI=1S/C20H27N5/c1-4-25-15(3)18(14(2)23-25)13-24-10-6-8-17(12-24)19-11-16-7-5-9-21-20(16)22-19/h5,7,9,11,17H,4,6,8,10,12-13H2,1-3H3,(H,21,22)/t17-/m0/s1. The fourth-order valence-corrected chi connectivity index (χ4v) is 4.15. The molecule has 0 bridgehead atoms. The largest absolute Gasteiger partial charge is 0.343 e. The normalized spacial score (nSPS) is 18.9. The van der Waals surface area contributed by atoms with Crippen molar-refractivity contribution in [2.24, 2.45) is 0 Å². The van der Waals surface area contributed by atoms with Crippen molar-refractivity contribution in [2.45, 2.75) is 52.6 Å². The molecule has 1 atom stereocenters. The first kappa shape index (κ1) is 16.3. The maximum Gasteiger partial charge on any atom is 0.137 e. The predicted molar refractivity (Wildman–Crippen MR) is 101 cm³/mol. The summed E-state index contributed by atoms with van der Waals surface area (Å²) in [5, 5.41) is 5.89. The van der Waals surface area contributed by atoms with Crippen LogP contribution in [0.2, 0.25) is 0 Å². The second-order valence-electron chi connectivity index (χ2n) is 7.21. The number of pyridine rings is 1. The molecule has 0 saturated carbocycles. The summed E-state index contributed by atoms with van der Waals surface area (Å²) in [6.45, 7) is 10.7. The molecular formula is C20H27N5. The van der Waals surface area contributed by atoms with E-state index in [0.717, 1.165) is 25.3 Å². The van der Waals surface area contributed by atoms with Crippen LogP contribution in [0.25, 0.3) is 11.0 Å². The molecule has 1 fully saturated rings. The SMILES string of the molecule is CCn1nc(C)c(CN2CCC[C@H](c3cc4cccnc4[nH]3)C2)c1C. The lowest BCUT2D eigenvalue weighted by Gasteiger charge is -2.32. The van der Waals surface area contributed by atoms with Gasteiger partial charge < -0.3 is 4.98 Å². The molecule has 1 N–H and O–H groups in total. The van der Waals surface area contributed by atoms with Crippen molar-refractivity contribution in [2.75, 3.05) is 13.1 Å². The van der Waals surface area contributed by atoms with E-state index in [-0.39, 0.29) is 0 Å². The highest BCUT2D eigenvalue weighted by Crippen LogP contribution is 2.29. The summed E-state index contributed by atoms with van der Waals surface area (Å²) in [5.41, 5.74) is 6.23. The summed E-state index contributed by atoms with van der Waals surface area (Å²) >= 11 is 0. The second kappa shape index (κ2) is 6.64. The Hall–Kier alpha value is -2.14. The number of nitrogens with zero attached hydrogens (tertiary/aromatic N) is 4. The van der Waals surface area contributed by atoms with E-state index in [9.17, 15) is 0 Å². The monoisotopic (exact) mass is 337 g/mol. The predicted octanol–water partition coefficient (Wildman–Crippen LogP) is 3.78. The first-order valence-corrected chi connectivity index (χ1v) is 9.34. The smallest absolute Gasteiger partial charge is 0.137 e. The number of H-pyrrole nitrogens is 1. The van der Waals surface area contributed by atoms with E-state index in [0.29, 0.717) is 5.92 Å². The number of aryl methyl sites for hydroxylation is 2. The van der Waals surface area contributed by atoms with Gasteiger partial charge in [-0.05, 0) is 58.4 Å². The Morgan fingerprint density at radius 1 is 1.32 bits per heavy atom. The third kappa shape index (κ3) is 3.09. The summed E-state index contributed by atoms with van der Waals surface area (Å²) in [7, 11) is 0. The van der Waals surface area contributed by atoms with E-state index in [1.807, 2.05) is 12.3 Å². The quantitative estimate of drug-likeness (QED) is 0.788. The van der Waals surface area contributed by atoms with Gasteiger partial charge in [-0.1, -0.05) is 0 Å². The maximum atomic E-state index is 4.68. The number of rotatable bonds is 4. The highest BCUT2D eigenvalue weighted by molar-refractivity contribution is 5.76. The van der Waals surface area contributed by atoms with Crippen molar-refractivity contribution in [3.05, 3.63) is 47.0 Å². The van der Waals surface area contributed by atoms with Gasteiger partial charge in [-0.3, -0.25) is 9.58 Å². The number of fused-ring (bicyclic) bond motifs is 1. The Labute approximate surface area is 149 Å². The zero-order valence-corrected chi connectivity index (χ0v) is 15.4. The third-order valence-corrected chi connectivity index (χ3v) is 5.57. The van der Waals surface area contributed by atoms with Crippen molar-refractivity contribution in [1.82, 2.24) is 24.6 Å². The highest BCUT2D eigenvalue weighted by Gasteiger charge is 2.24. The van der Waals surface area contributed by atoms with Crippen LogP contribution in [0.4, 0.5) is 0 Å². The molecular weight excluding hydrogens is 310 g/mol. The molecule has 0 unspecified atom stereocenters. The summed E-state index contributed by atoms with van der Waals surface area (Å²) in [4.78, 5) is 10.6. The summed E-state index contributed by atoms with van der Waals surface area (Å²) in [6, 6.07) is 6.42. The topological polar surface area (TPSA) is 49.7 Å². The average molecular weight is 337 g/mol. The van der Waals surface area contributed by atoms with Crippen LogP contribution < -0.4 is 0 Å². The van der Waals surface area contributed by atoms with E-state index in [2.05, 4.69) is 57.6 Å². The van der Waals surface area contributed by atoms with Crippen LogP contribution in [-0.2, 0) is 13.1 Å². The minimum Gasteiger partial charge on any atom is -0.343 e. The molecule has 25 heavy (non-hydrogen) atoms. The first-order valence-electron chi connectivity index (χ1n) is 9.34. The van der Waals surface area contributed by atoms with Crippen LogP contribution >= 0.6 is 0 Å². The zero-order chi connectivity index (χ0) is 17.4. The maximum absolute atomic E-state index is 4.68. The van der Waals surface area contributed by atoms with Gasteiger partial charge in [0.15, 0.2) is 0 Å². The number of piperidine rings is 1. The highest BCUT2D eigenvalue weighted by atomic mass is 15.3. The number of likely N-dealkylation sites (tertiary alicyclic amines) is 1. The Morgan fingerprint density at radius 2 is 2.20 bits per heavy atom. The Kier molecular flexibility index (Phi) is 4.34. The molecule has 132 valence electrons. The molecule has 4 heterocycles. The molecule has 3 aromatic rings. The van der Waals surface area contributed by atoms with Crippen LogP contribution in [0.3, 0.4) is 0 Å². The fourth-order valence-electron chi connectivity index (χ4n) is 4.15. The number of hydrogen-bond acceptors (Lipinski definition) is 3. The molecule has 0 radical (unpaired) electrons.